The number of fused-ring (bicyclic) bond motifs is 1. The smallest absolute Gasteiger partial charge is 0.189 e. The van der Waals surface area contributed by atoms with Gasteiger partial charge in [0.15, 0.2) is 5.69 Å². The normalized spacial score (nSPS) is 9.58. The molecule has 0 aliphatic heterocycles. The molecular formula is C9H5N3. The third-order valence-corrected chi connectivity index (χ3v) is 1.58. The van der Waals surface area contributed by atoms with E-state index in [4.69, 9.17) is 6.57 Å². The average Bonchev–Trinajstić information content (AvgIpc) is 2.17. The maximum Gasteiger partial charge on any atom is 0.189 e. The lowest BCUT2D eigenvalue weighted by molar-refractivity contribution is 1.30. The minimum Gasteiger partial charge on any atom is -0.254 e. The summed E-state index contributed by atoms with van der Waals surface area (Å²) < 4.78 is 0. The van der Waals surface area contributed by atoms with Crippen LogP contribution in [0, 0.1) is 6.57 Å². The highest BCUT2D eigenvalue weighted by molar-refractivity contribution is 5.78. The topological polar surface area (TPSA) is 30.1 Å². The van der Waals surface area contributed by atoms with Crippen LogP contribution < -0.4 is 0 Å². The lowest BCUT2D eigenvalue weighted by atomic mass is 10.3. The molecule has 0 N–H and O–H groups in total. The number of aromatic nitrogens is 2. The Kier molecular flexibility index (Phi) is 1.45. The quantitative estimate of drug-likeness (QED) is 0.546. The van der Waals surface area contributed by atoms with E-state index in [1.54, 1.807) is 30.6 Å². The molecule has 0 saturated carbocycles. The van der Waals surface area contributed by atoms with Crippen LogP contribution >= 0.6 is 0 Å². The molecule has 56 valence electrons. The monoisotopic (exact) mass is 155 g/mol. The maximum atomic E-state index is 6.80. The standard InChI is InChI=1S/C9H5N3/c1-10-7-2-3-8-9(6-7)12-5-4-11-8/h2-6H. The van der Waals surface area contributed by atoms with Crippen LogP contribution in [-0.2, 0) is 0 Å². The highest BCUT2D eigenvalue weighted by Gasteiger charge is 1.95. The van der Waals surface area contributed by atoms with Gasteiger partial charge in [0.25, 0.3) is 0 Å². The van der Waals surface area contributed by atoms with Crippen LogP contribution in [0.15, 0.2) is 30.6 Å². The molecule has 0 fully saturated rings. The van der Waals surface area contributed by atoms with Gasteiger partial charge in [-0.15, -0.1) is 0 Å². The first-order valence-electron chi connectivity index (χ1n) is 3.48. The molecule has 3 nitrogen and oxygen atoms in total. The van der Waals surface area contributed by atoms with Gasteiger partial charge >= 0.3 is 0 Å². The summed E-state index contributed by atoms with van der Waals surface area (Å²) in [5, 5.41) is 0. The van der Waals surface area contributed by atoms with Crippen molar-refractivity contribution in [1.82, 2.24) is 9.97 Å². The Morgan fingerprint density at radius 1 is 1.08 bits per heavy atom. The van der Waals surface area contributed by atoms with Crippen LogP contribution in [0.1, 0.15) is 0 Å². The van der Waals surface area contributed by atoms with Crippen molar-refractivity contribution < 1.29 is 0 Å². The van der Waals surface area contributed by atoms with E-state index in [1.807, 2.05) is 0 Å². The molecule has 0 saturated heterocycles. The predicted molar refractivity (Wildman–Crippen MR) is 45.8 cm³/mol. The highest BCUT2D eigenvalue weighted by Crippen LogP contribution is 2.16. The van der Waals surface area contributed by atoms with Gasteiger partial charge in [0.05, 0.1) is 17.6 Å². The van der Waals surface area contributed by atoms with Gasteiger partial charge in [-0.1, -0.05) is 6.07 Å². The molecule has 0 spiro atoms. The Labute approximate surface area is 69.5 Å². The van der Waals surface area contributed by atoms with Gasteiger partial charge in [-0.3, -0.25) is 9.97 Å². The van der Waals surface area contributed by atoms with E-state index < -0.39 is 0 Å². The summed E-state index contributed by atoms with van der Waals surface area (Å²) in [6.07, 6.45) is 3.26. The summed E-state index contributed by atoms with van der Waals surface area (Å²) in [6.45, 7) is 6.80. The molecule has 0 unspecified atom stereocenters. The average molecular weight is 155 g/mol. The Balaban J connectivity index is 2.78. The van der Waals surface area contributed by atoms with Crippen molar-refractivity contribution in [3.05, 3.63) is 42.0 Å². The summed E-state index contributed by atoms with van der Waals surface area (Å²) in [5.74, 6) is 0. The lowest BCUT2D eigenvalue weighted by Gasteiger charge is -1.93. The highest BCUT2D eigenvalue weighted by atomic mass is 14.8. The zero-order valence-corrected chi connectivity index (χ0v) is 6.23. The van der Waals surface area contributed by atoms with Crippen LogP contribution in [0.4, 0.5) is 5.69 Å². The van der Waals surface area contributed by atoms with Crippen molar-refractivity contribution in [2.24, 2.45) is 0 Å². The van der Waals surface area contributed by atoms with E-state index in [0.29, 0.717) is 5.69 Å². The number of hydrogen-bond donors (Lipinski definition) is 0. The van der Waals surface area contributed by atoms with Crippen LogP contribution in [0.25, 0.3) is 15.9 Å². The fourth-order valence-corrected chi connectivity index (χ4v) is 1.02. The van der Waals surface area contributed by atoms with Crippen LogP contribution in [0.5, 0.6) is 0 Å². The van der Waals surface area contributed by atoms with Crippen molar-refractivity contribution in [3.63, 3.8) is 0 Å². The second-order valence-electron chi connectivity index (χ2n) is 2.34. The molecule has 0 aliphatic carbocycles. The van der Waals surface area contributed by atoms with Crippen LogP contribution in [-0.4, -0.2) is 9.97 Å². The van der Waals surface area contributed by atoms with E-state index in [1.165, 1.54) is 0 Å². The zero-order valence-electron chi connectivity index (χ0n) is 6.23. The minimum atomic E-state index is 0.600. The van der Waals surface area contributed by atoms with Gasteiger partial charge in [0.1, 0.15) is 0 Å². The van der Waals surface area contributed by atoms with Gasteiger partial charge in [-0.05, 0) is 12.1 Å². The maximum absolute atomic E-state index is 6.80. The van der Waals surface area contributed by atoms with Crippen molar-refractivity contribution in [3.8, 4) is 0 Å². The fourth-order valence-electron chi connectivity index (χ4n) is 1.02. The summed E-state index contributed by atoms with van der Waals surface area (Å²) in [6, 6.07) is 5.27. The van der Waals surface area contributed by atoms with E-state index >= 15 is 0 Å². The third-order valence-electron chi connectivity index (χ3n) is 1.58. The first-order chi connectivity index (χ1) is 5.90. The Hall–Kier alpha value is -1.95. The second kappa shape index (κ2) is 2.59. The van der Waals surface area contributed by atoms with Gasteiger partial charge in [-0.2, -0.15) is 0 Å². The van der Waals surface area contributed by atoms with E-state index in [9.17, 15) is 0 Å². The van der Waals surface area contributed by atoms with Crippen molar-refractivity contribution in [1.29, 1.82) is 0 Å². The molecule has 1 aromatic carbocycles. The predicted octanol–water partition coefficient (Wildman–Crippen LogP) is 2.18. The summed E-state index contributed by atoms with van der Waals surface area (Å²) >= 11 is 0. The number of rotatable bonds is 0. The van der Waals surface area contributed by atoms with Gasteiger partial charge < -0.3 is 0 Å². The van der Waals surface area contributed by atoms with Crippen LogP contribution in [0.3, 0.4) is 0 Å². The van der Waals surface area contributed by atoms with E-state index in [2.05, 4.69) is 14.8 Å². The minimum absolute atomic E-state index is 0.600. The van der Waals surface area contributed by atoms with Gasteiger partial charge in [0.2, 0.25) is 0 Å². The SMILES string of the molecule is [C-]#[N+]c1ccc2nccnc2c1. The summed E-state index contributed by atoms with van der Waals surface area (Å²) in [7, 11) is 0. The largest absolute Gasteiger partial charge is 0.254 e. The lowest BCUT2D eigenvalue weighted by Crippen LogP contribution is -1.79. The molecule has 1 aromatic heterocycles. The van der Waals surface area contributed by atoms with Gasteiger partial charge in [-0.25, -0.2) is 4.85 Å². The van der Waals surface area contributed by atoms with Crippen molar-refractivity contribution >= 4 is 16.7 Å². The molecular weight excluding hydrogens is 150 g/mol. The Morgan fingerprint density at radius 2 is 1.83 bits per heavy atom. The van der Waals surface area contributed by atoms with Gasteiger partial charge in [0, 0.05) is 12.4 Å². The molecule has 0 atom stereocenters. The first kappa shape index (κ1) is 6.74. The molecule has 0 radical (unpaired) electrons. The Morgan fingerprint density at radius 3 is 2.58 bits per heavy atom. The Bertz CT molecular complexity index is 457. The second-order valence-corrected chi connectivity index (χ2v) is 2.34. The first-order valence-corrected chi connectivity index (χ1v) is 3.48. The number of nitrogens with zero attached hydrogens (tertiary/aromatic N) is 3. The molecule has 0 aliphatic rings. The molecule has 2 rings (SSSR count). The van der Waals surface area contributed by atoms with Crippen LogP contribution in [0.2, 0.25) is 0 Å². The molecule has 0 bridgehead atoms. The fraction of sp³-hybridized carbons (Fsp3) is 0. The number of benzene rings is 1. The van der Waals surface area contributed by atoms with E-state index in [-0.39, 0.29) is 0 Å². The summed E-state index contributed by atoms with van der Waals surface area (Å²) in [5.41, 5.74) is 2.19. The van der Waals surface area contributed by atoms with Crippen molar-refractivity contribution in [2.75, 3.05) is 0 Å². The molecule has 12 heavy (non-hydrogen) atoms. The number of hydrogen-bond acceptors (Lipinski definition) is 2. The summed E-state index contributed by atoms with van der Waals surface area (Å²) in [4.78, 5) is 11.5. The molecule has 2 aromatic rings. The molecule has 1 heterocycles. The molecule has 0 amide bonds. The van der Waals surface area contributed by atoms with E-state index in [0.717, 1.165) is 11.0 Å². The van der Waals surface area contributed by atoms with Crippen molar-refractivity contribution in [2.45, 2.75) is 0 Å². The zero-order chi connectivity index (χ0) is 8.39. The molecule has 3 heteroatoms. The third kappa shape index (κ3) is 0.995.